The van der Waals surface area contributed by atoms with Crippen LogP contribution in [0.15, 0.2) is 41.8 Å². The molecule has 1 aromatic heterocycles. The SMILES string of the molecule is CCCN(CC(=O)Nc1ccc(F)c(F)c1F)C(=O)c1csc(-c2ccccc2F)n1. The summed E-state index contributed by atoms with van der Waals surface area (Å²) < 4.78 is 54.1. The van der Waals surface area contributed by atoms with Crippen LogP contribution in [0.25, 0.3) is 10.6 Å². The van der Waals surface area contributed by atoms with Gasteiger partial charge in [-0.15, -0.1) is 11.3 Å². The number of halogens is 4. The van der Waals surface area contributed by atoms with Crippen molar-refractivity contribution in [3.05, 3.63) is 70.7 Å². The monoisotopic (exact) mass is 451 g/mol. The van der Waals surface area contributed by atoms with E-state index in [2.05, 4.69) is 10.3 Å². The van der Waals surface area contributed by atoms with E-state index in [1.165, 1.54) is 28.5 Å². The van der Waals surface area contributed by atoms with E-state index < -0.39 is 47.3 Å². The van der Waals surface area contributed by atoms with Gasteiger partial charge in [0.05, 0.1) is 5.69 Å². The fraction of sp³-hybridized carbons (Fsp3) is 0.190. The molecular formula is C21H17F4N3O2S. The lowest BCUT2D eigenvalue weighted by Gasteiger charge is -2.20. The number of benzene rings is 2. The van der Waals surface area contributed by atoms with Crippen LogP contribution in [0, 0.1) is 23.3 Å². The molecule has 2 aromatic carbocycles. The number of anilines is 1. The molecule has 5 nitrogen and oxygen atoms in total. The Kier molecular flexibility index (Phi) is 7.01. The zero-order chi connectivity index (χ0) is 22.5. The summed E-state index contributed by atoms with van der Waals surface area (Å²) in [6.07, 6.45) is 0.517. The first-order valence-electron chi connectivity index (χ1n) is 9.24. The van der Waals surface area contributed by atoms with Crippen molar-refractivity contribution in [2.24, 2.45) is 0 Å². The molecule has 0 saturated carbocycles. The molecule has 1 N–H and O–H groups in total. The molecule has 10 heteroatoms. The minimum Gasteiger partial charge on any atom is -0.328 e. The number of amides is 2. The average Bonchev–Trinajstić information content (AvgIpc) is 3.23. The Bertz CT molecular complexity index is 1120. The van der Waals surface area contributed by atoms with Crippen LogP contribution in [0.4, 0.5) is 23.2 Å². The van der Waals surface area contributed by atoms with Gasteiger partial charge in [-0.05, 0) is 30.7 Å². The van der Waals surface area contributed by atoms with Gasteiger partial charge in [-0.25, -0.2) is 22.5 Å². The number of aromatic nitrogens is 1. The largest absolute Gasteiger partial charge is 0.328 e. The second kappa shape index (κ2) is 9.69. The van der Waals surface area contributed by atoms with Gasteiger partial charge in [-0.3, -0.25) is 9.59 Å². The zero-order valence-electron chi connectivity index (χ0n) is 16.3. The van der Waals surface area contributed by atoms with Crippen LogP contribution in [0.5, 0.6) is 0 Å². The second-order valence-corrected chi connectivity index (χ2v) is 7.37. The van der Waals surface area contributed by atoms with Gasteiger partial charge in [0, 0.05) is 17.5 Å². The highest BCUT2D eigenvalue weighted by atomic mass is 32.1. The predicted octanol–water partition coefficient (Wildman–Crippen LogP) is 4.86. The Morgan fingerprint density at radius 2 is 1.77 bits per heavy atom. The highest BCUT2D eigenvalue weighted by molar-refractivity contribution is 7.13. The molecule has 162 valence electrons. The summed E-state index contributed by atoms with van der Waals surface area (Å²) in [6, 6.07) is 7.57. The van der Waals surface area contributed by atoms with E-state index in [1.807, 2.05) is 0 Å². The maximum absolute atomic E-state index is 14.0. The Balaban J connectivity index is 1.75. The van der Waals surface area contributed by atoms with Gasteiger partial charge in [0.25, 0.3) is 5.91 Å². The number of hydrogen-bond donors (Lipinski definition) is 1. The van der Waals surface area contributed by atoms with Crippen molar-refractivity contribution < 1.29 is 27.2 Å². The number of nitrogens with zero attached hydrogens (tertiary/aromatic N) is 2. The molecule has 0 aliphatic rings. The van der Waals surface area contributed by atoms with Crippen LogP contribution in [-0.2, 0) is 4.79 Å². The van der Waals surface area contributed by atoms with Crippen molar-refractivity contribution in [2.75, 3.05) is 18.4 Å². The maximum atomic E-state index is 14.0. The molecule has 0 bridgehead atoms. The Hall–Kier alpha value is -3.27. The minimum absolute atomic E-state index is 0.0310. The predicted molar refractivity (Wildman–Crippen MR) is 109 cm³/mol. The van der Waals surface area contributed by atoms with Crippen LogP contribution in [0.3, 0.4) is 0 Å². The third-order valence-electron chi connectivity index (χ3n) is 4.25. The smallest absolute Gasteiger partial charge is 0.273 e. The third-order valence-corrected chi connectivity index (χ3v) is 5.13. The van der Waals surface area contributed by atoms with Crippen LogP contribution in [-0.4, -0.2) is 34.8 Å². The van der Waals surface area contributed by atoms with E-state index in [0.29, 0.717) is 17.5 Å². The highest BCUT2D eigenvalue weighted by Gasteiger charge is 2.23. The molecule has 3 rings (SSSR count). The van der Waals surface area contributed by atoms with Gasteiger partial charge in [0.2, 0.25) is 5.91 Å². The second-order valence-electron chi connectivity index (χ2n) is 6.52. The first kappa shape index (κ1) is 22.4. The summed E-state index contributed by atoms with van der Waals surface area (Å²) in [4.78, 5) is 30.5. The van der Waals surface area contributed by atoms with Crippen molar-refractivity contribution >= 4 is 28.8 Å². The Labute approximate surface area is 179 Å². The molecular weight excluding hydrogens is 434 g/mol. The van der Waals surface area contributed by atoms with E-state index in [1.54, 1.807) is 13.0 Å². The maximum Gasteiger partial charge on any atom is 0.273 e. The third kappa shape index (κ3) is 5.08. The highest BCUT2D eigenvalue weighted by Crippen LogP contribution is 2.26. The molecule has 0 atom stereocenters. The van der Waals surface area contributed by atoms with Gasteiger partial charge in [0.15, 0.2) is 17.5 Å². The lowest BCUT2D eigenvalue weighted by Crippen LogP contribution is -2.38. The average molecular weight is 451 g/mol. The number of nitrogens with one attached hydrogen (secondary N) is 1. The van der Waals surface area contributed by atoms with Crippen molar-refractivity contribution in [1.82, 2.24) is 9.88 Å². The van der Waals surface area contributed by atoms with E-state index in [0.717, 1.165) is 17.4 Å². The first-order valence-corrected chi connectivity index (χ1v) is 10.1. The topological polar surface area (TPSA) is 62.3 Å². The molecule has 0 radical (unpaired) electrons. The molecule has 0 spiro atoms. The van der Waals surface area contributed by atoms with Gasteiger partial charge in [0.1, 0.15) is 23.1 Å². The fourth-order valence-corrected chi connectivity index (χ4v) is 3.62. The summed E-state index contributed by atoms with van der Waals surface area (Å²) >= 11 is 1.08. The quantitative estimate of drug-likeness (QED) is 0.412. The Morgan fingerprint density at radius 3 is 2.48 bits per heavy atom. The van der Waals surface area contributed by atoms with Crippen molar-refractivity contribution in [2.45, 2.75) is 13.3 Å². The number of thiazole rings is 1. The summed E-state index contributed by atoms with van der Waals surface area (Å²) in [5.74, 6) is -6.46. The number of hydrogen-bond acceptors (Lipinski definition) is 4. The van der Waals surface area contributed by atoms with Crippen molar-refractivity contribution in [3.8, 4) is 10.6 Å². The number of carbonyl (C=O) groups is 2. The van der Waals surface area contributed by atoms with E-state index in [9.17, 15) is 27.2 Å². The number of carbonyl (C=O) groups excluding carboxylic acids is 2. The van der Waals surface area contributed by atoms with E-state index in [-0.39, 0.29) is 17.8 Å². The van der Waals surface area contributed by atoms with Crippen molar-refractivity contribution in [3.63, 3.8) is 0 Å². The molecule has 0 unspecified atom stereocenters. The fourth-order valence-electron chi connectivity index (χ4n) is 2.80. The first-order chi connectivity index (χ1) is 14.8. The minimum atomic E-state index is -1.71. The van der Waals surface area contributed by atoms with Crippen LogP contribution in [0.1, 0.15) is 23.8 Å². The van der Waals surface area contributed by atoms with Gasteiger partial charge in [-0.1, -0.05) is 19.1 Å². The number of rotatable bonds is 7. The van der Waals surface area contributed by atoms with Crippen LogP contribution in [0.2, 0.25) is 0 Å². The lowest BCUT2D eigenvalue weighted by molar-refractivity contribution is -0.116. The lowest BCUT2D eigenvalue weighted by atomic mass is 10.2. The van der Waals surface area contributed by atoms with E-state index >= 15 is 0 Å². The molecule has 3 aromatic rings. The summed E-state index contributed by atoms with van der Waals surface area (Å²) in [6.45, 7) is 1.52. The Morgan fingerprint density at radius 1 is 1.03 bits per heavy atom. The van der Waals surface area contributed by atoms with Crippen LogP contribution < -0.4 is 5.32 Å². The van der Waals surface area contributed by atoms with Gasteiger partial charge >= 0.3 is 0 Å². The molecule has 0 fully saturated rings. The molecule has 1 heterocycles. The molecule has 31 heavy (non-hydrogen) atoms. The van der Waals surface area contributed by atoms with Crippen molar-refractivity contribution in [1.29, 1.82) is 0 Å². The molecule has 2 amide bonds. The van der Waals surface area contributed by atoms with E-state index in [4.69, 9.17) is 0 Å². The molecule has 0 aliphatic carbocycles. The van der Waals surface area contributed by atoms with Crippen LogP contribution >= 0.6 is 11.3 Å². The zero-order valence-corrected chi connectivity index (χ0v) is 17.1. The summed E-state index contributed by atoms with van der Waals surface area (Å²) in [5, 5.41) is 3.90. The summed E-state index contributed by atoms with van der Waals surface area (Å²) in [5.41, 5.74) is -0.257. The van der Waals surface area contributed by atoms with Gasteiger partial charge < -0.3 is 10.2 Å². The molecule has 0 saturated heterocycles. The molecule has 0 aliphatic heterocycles. The normalized spacial score (nSPS) is 10.7. The standard InChI is InChI=1S/C21H17F4N3O2S/c1-2-9-28(10-17(29)26-15-8-7-14(23)18(24)19(15)25)21(30)16-11-31-20(27-16)12-5-3-4-6-13(12)22/h3-8,11H,2,9-10H2,1H3,(H,26,29). The summed E-state index contributed by atoms with van der Waals surface area (Å²) in [7, 11) is 0. The van der Waals surface area contributed by atoms with Gasteiger partial charge in [-0.2, -0.15) is 0 Å².